The Balaban J connectivity index is -0.000000135. The third-order valence-electron chi connectivity index (χ3n) is 1.44. The zero-order chi connectivity index (χ0) is 16.7. The zero-order valence-electron chi connectivity index (χ0n) is 10.9. The molecule has 0 radical (unpaired) electrons. The largest absolute Gasteiger partial charge is 2.00 e. The first kappa shape index (κ1) is 29.3. The van der Waals surface area contributed by atoms with E-state index in [1.165, 1.54) is 0 Å². The van der Waals surface area contributed by atoms with Crippen LogP contribution in [0.3, 0.4) is 0 Å². The number of carboxylic acid groups (broad SMARTS) is 4. The molecule has 0 aromatic heterocycles. The molecule has 0 aromatic carbocycles. The molecule has 22 heavy (non-hydrogen) atoms. The number of aliphatic carboxylic acids is 4. The molecule has 0 saturated carbocycles. The molecule has 14 heteroatoms. The van der Waals surface area contributed by atoms with E-state index in [0.29, 0.717) is 0 Å². The van der Waals surface area contributed by atoms with Crippen LogP contribution in [0, 0.1) is 0 Å². The van der Waals surface area contributed by atoms with Gasteiger partial charge in [-0.1, -0.05) is 0 Å². The van der Waals surface area contributed by atoms with Gasteiger partial charge in [0, 0.05) is 24.8 Å². The predicted octanol–water partition coefficient (Wildman–Crippen LogP) is -9.65. The van der Waals surface area contributed by atoms with E-state index in [9.17, 15) is 39.6 Å². The van der Waals surface area contributed by atoms with E-state index in [0.717, 1.165) is 0 Å². The van der Waals surface area contributed by atoms with Gasteiger partial charge in [0.05, 0.1) is 0 Å². The minimum absolute atomic E-state index is 0. The van der Waals surface area contributed by atoms with Crippen molar-refractivity contribution in [2.75, 3.05) is 0 Å². The SMILES string of the molecule is O=C([O-])CC(O)(O)C(=O)[O-].O=C([O-])CC(O)(O)C(=O)[O-].[Mg+2].[Mg+2]. The summed E-state index contributed by atoms with van der Waals surface area (Å²) in [6.45, 7) is 0. The van der Waals surface area contributed by atoms with Gasteiger partial charge in [-0.3, -0.25) is 0 Å². The summed E-state index contributed by atoms with van der Waals surface area (Å²) in [7, 11) is 0. The zero-order valence-corrected chi connectivity index (χ0v) is 13.7. The molecule has 4 N–H and O–H groups in total. The Morgan fingerprint density at radius 3 is 0.864 bits per heavy atom. The standard InChI is InChI=1S/2C4H6O6.2Mg/c2*5-2(6)1-4(9,10)3(7)8;;/h2*9-10H,1H2,(H,5,6)(H,7,8);;/q;;2*+2/p-4. The van der Waals surface area contributed by atoms with Gasteiger partial charge in [-0.25, -0.2) is 0 Å². The molecule has 0 aromatic rings. The van der Waals surface area contributed by atoms with Gasteiger partial charge in [0.2, 0.25) is 11.6 Å². The first-order valence-corrected chi connectivity index (χ1v) is 4.44. The summed E-state index contributed by atoms with van der Waals surface area (Å²) in [6, 6.07) is 0. The molecule has 0 bridgehead atoms. The van der Waals surface area contributed by atoms with Gasteiger partial charge in [0.15, 0.2) is 0 Å². The molecule has 0 rings (SSSR count). The van der Waals surface area contributed by atoms with E-state index in [4.69, 9.17) is 20.4 Å². The fraction of sp³-hybridized carbons (Fsp3) is 0.500. The fourth-order valence-electron chi connectivity index (χ4n) is 0.547. The van der Waals surface area contributed by atoms with Crippen molar-refractivity contribution in [3.63, 3.8) is 0 Å². The first-order valence-electron chi connectivity index (χ1n) is 4.44. The van der Waals surface area contributed by atoms with Crippen LogP contribution in [-0.2, 0) is 19.2 Å². The van der Waals surface area contributed by atoms with Crippen LogP contribution in [0.2, 0.25) is 0 Å². The van der Waals surface area contributed by atoms with Gasteiger partial charge in [-0.2, -0.15) is 0 Å². The molecule has 0 spiro atoms. The van der Waals surface area contributed by atoms with Crippen molar-refractivity contribution in [2.24, 2.45) is 0 Å². The van der Waals surface area contributed by atoms with Gasteiger partial charge < -0.3 is 60.0 Å². The maximum absolute atomic E-state index is 9.65. The Morgan fingerprint density at radius 1 is 0.636 bits per heavy atom. The first-order chi connectivity index (χ1) is 8.72. The van der Waals surface area contributed by atoms with E-state index in [-0.39, 0.29) is 46.1 Å². The average molecular weight is 345 g/mol. The molecule has 0 aliphatic rings. The number of hydrogen-bond acceptors (Lipinski definition) is 12. The van der Waals surface area contributed by atoms with Crippen LogP contribution in [0.25, 0.3) is 0 Å². The van der Waals surface area contributed by atoms with Gasteiger partial charge >= 0.3 is 46.1 Å². The molecule has 0 amide bonds. The van der Waals surface area contributed by atoms with E-state index < -0.39 is 48.3 Å². The van der Waals surface area contributed by atoms with E-state index in [1.54, 1.807) is 0 Å². The van der Waals surface area contributed by atoms with Crippen LogP contribution in [-0.4, -0.2) is 102 Å². The number of carbonyl (C=O) groups is 4. The molecule has 0 aliphatic carbocycles. The van der Waals surface area contributed by atoms with Crippen LogP contribution in [0.15, 0.2) is 0 Å². The van der Waals surface area contributed by atoms with Gasteiger partial charge in [-0.15, -0.1) is 0 Å². The average Bonchev–Trinajstić information content (AvgIpc) is 2.13. The third-order valence-corrected chi connectivity index (χ3v) is 1.44. The molecule has 0 heterocycles. The molecule has 0 saturated heterocycles. The van der Waals surface area contributed by atoms with Gasteiger partial charge in [0.25, 0.3) is 0 Å². The molecular weight excluding hydrogens is 337 g/mol. The number of aliphatic hydroxyl groups is 4. The summed E-state index contributed by atoms with van der Waals surface area (Å²) in [5.41, 5.74) is 0. The Morgan fingerprint density at radius 2 is 0.818 bits per heavy atom. The monoisotopic (exact) mass is 344 g/mol. The van der Waals surface area contributed by atoms with Crippen molar-refractivity contribution < 1.29 is 60.0 Å². The van der Waals surface area contributed by atoms with Crippen molar-refractivity contribution >= 4 is 70.0 Å². The smallest absolute Gasteiger partial charge is 0.550 e. The molecule has 0 fully saturated rings. The number of rotatable bonds is 6. The molecule has 12 nitrogen and oxygen atoms in total. The number of carboxylic acids is 4. The molecule has 0 atom stereocenters. The van der Waals surface area contributed by atoms with E-state index in [1.807, 2.05) is 0 Å². The van der Waals surface area contributed by atoms with Crippen LogP contribution in [0.5, 0.6) is 0 Å². The summed E-state index contributed by atoms with van der Waals surface area (Å²) in [5.74, 6) is -15.0. The van der Waals surface area contributed by atoms with Crippen LogP contribution in [0.1, 0.15) is 12.8 Å². The van der Waals surface area contributed by atoms with Crippen molar-refractivity contribution in [1.29, 1.82) is 0 Å². The molecule has 0 aliphatic heterocycles. The van der Waals surface area contributed by atoms with Crippen molar-refractivity contribution in [2.45, 2.75) is 24.4 Å². The normalized spacial score (nSPS) is 10.0. The molecule has 116 valence electrons. The van der Waals surface area contributed by atoms with Crippen LogP contribution < -0.4 is 20.4 Å². The third kappa shape index (κ3) is 14.2. The van der Waals surface area contributed by atoms with Crippen molar-refractivity contribution in [3.05, 3.63) is 0 Å². The second kappa shape index (κ2) is 11.8. The Hall–Kier alpha value is -0.748. The fourth-order valence-corrected chi connectivity index (χ4v) is 0.547. The summed E-state index contributed by atoms with van der Waals surface area (Å²) < 4.78 is 0. The van der Waals surface area contributed by atoms with Gasteiger partial charge in [-0.05, 0) is 0 Å². The van der Waals surface area contributed by atoms with Gasteiger partial charge in [0.1, 0.15) is 11.9 Å². The summed E-state index contributed by atoms with van der Waals surface area (Å²) in [5, 5.41) is 71.4. The Kier molecular flexibility index (Phi) is 15.7. The minimum atomic E-state index is -3.33. The predicted molar refractivity (Wildman–Crippen MR) is 55.1 cm³/mol. The summed E-state index contributed by atoms with van der Waals surface area (Å²) >= 11 is 0. The topological polar surface area (TPSA) is 241 Å². The number of hydrogen-bond donors (Lipinski definition) is 4. The quantitative estimate of drug-likeness (QED) is 0.259. The summed E-state index contributed by atoms with van der Waals surface area (Å²) in [6.07, 6.45) is -2.81. The summed E-state index contributed by atoms with van der Waals surface area (Å²) in [4.78, 5) is 38.5. The van der Waals surface area contributed by atoms with E-state index >= 15 is 0 Å². The van der Waals surface area contributed by atoms with Crippen molar-refractivity contribution in [1.82, 2.24) is 0 Å². The van der Waals surface area contributed by atoms with E-state index in [2.05, 4.69) is 0 Å². The second-order valence-corrected chi connectivity index (χ2v) is 3.31. The van der Waals surface area contributed by atoms with Crippen LogP contribution >= 0.6 is 0 Å². The Labute approximate surface area is 154 Å². The Bertz CT molecular complexity index is 366. The second-order valence-electron chi connectivity index (χ2n) is 3.31. The minimum Gasteiger partial charge on any atom is -0.550 e. The maximum Gasteiger partial charge on any atom is 2.00 e. The van der Waals surface area contributed by atoms with Crippen molar-refractivity contribution in [3.8, 4) is 0 Å². The number of carbonyl (C=O) groups excluding carboxylic acids is 4. The molecular formula is C8H8Mg2O12. The molecule has 0 unspecified atom stereocenters. The van der Waals surface area contributed by atoms with Crippen LogP contribution in [0.4, 0.5) is 0 Å². The maximum atomic E-state index is 9.65.